The first-order valence-electron chi connectivity index (χ1n) is 5.87. The second-order valence-electron chi connectivity index (χ2n) is 4.15. The maximum absolute atomic E-state index is 5.95. The maximum atomic E-state index is 5.95. The molecule has 0 aliphatic rings. The van der Waals surface area contributed by atoms with E-state index in [1.165, 1.54) is 11.1 Å². The zero-order chi connectivity index (χ0) is 12.0. The van der Waals surface area contributed by atoms with E-state index < -0.39 is 21.6 Å². The van der Waals surface area contributed by atoms with Crippen LogP contribution in [0.1, 0.15) is 44.4 Å². The molecule has 18 heavy (non-hydrogen) atoms. The average Bonchev–Trinajstić information content (AvgIpc) is 2.29. The Morgan fingerprint density at radius 1 is 1.22 bits per heavy atom. The molecule has 2 nitrogen and oxygen atoms in total. The van der Waals surface area contributed by atoms with Gasteiger partial charge in [0.1, 0.15) is 0 Å². The molecule has 102 valence electrons. The zero-order valence-corrected chi connectivity index (χ0v) is 15.5. The fraction of sp³-hybridized carbons (Fsp3) is 0.538. The van der Waals surface area contributed by atoms with E-state index in [2.05, 4.69) is 38.1 Å². The van der Waals surface area contributed by atoms with Crippen LogP contribution in [0.25, 0.3) is 0 Å². The van der Waals surface area contributed by atoms with Crippen LogP contribution in [-0.4, -0.2) is 27.7 Å². The molecule has 1 aromatic carbocycles. The molecule has 0 saturated heterocycles. The van der Waals surface area contributed by atoms with Crippen molar-refractivity contribution in [2.75, 3.05) is 0 Å². The van der Waals surface area contributed by atoms with Crippen LogP contribution in [-0.2, 0) is 7.51 Å². The molecular formula is C13H21Cl2NOSn. The molecule has 0 heterocycles. The van der Waals surface area contributed by atoms with Crippen molar-refractivity contribution >= 4 is 21.6 Å². The van der Waals surface area contributed by atoms with Crippen molar-refractivity contribution in [3.8, 4) is 0 Å². The summed E-state index contributed by atoms with van der Waals surface area (Å²) in [5.74, 6) is 0. The Hall–Kier alpha value is 0.519. The molecule has 0 bridgehead atoms. The molecule has 0 fully saturated rings. The average molecular weight is 397 g/mol. The van der Waals surface area contributed by atoms with E-state index in [0.717, 1.165) is 10.9 Å². The SMILES string of the molecule is CCC(C)[O][Sn+2][CH2]c1ccccc1C(C)N.[Cl-].[Cl-]. The van der Waals surface area contributed by atoms with Crippen LogP contribution in [0, 0.1) is 0 Å². The summed E-state index contributed by atoms with van der Waals surface area (Å²) < 4.78 is 6.98. The maximum Gasteiger partial charge on any atom is -1.00 e. The van der Waals surface area contributed by atoms with E-state index in [1.54, 1.807) is 0 Å². The molecule has 0 saturated carbocycles. The predicted octanol–water partition coefficient (Wildman–Crippen LogP) is -3.35. The van der Waals surface area contributed by atoms with Gasteiger partial charge in [-0.1, -0.05) is 0 Å². The second-order valence-corrected chi connectivity index (χ2v) is 6.65. The van der Waals surface area contributed by atoms with Crippen LogP contribution in [0.3, 0.4) is 0 Å². The number of hydrogen-bond acceptors (Lipinski definition) is 2. The summed E-state index contributed by atoms with van der Waals surface area (Å²) in [6, 6.07) is 8.58. The van der Waals surface area contributed by atoms with Gasteiger partial charge in [0.05, 0.1) is 0 Å². The summed E-state index contributed by atoms with van der Waals surface area (Å²) in [6.07, 6.45) is 1.53. The quantitative estimate of drug-likeness (QED) is 0.510. The first-order valence-corrected chi connectivity index (χ1v) is 9.05. The minimum Gasteiger partial charge on any atom is -1.00 e. The smallest absolute Gasteiger partial charge is 1.00 e. The number of rotatable bonds is 6. The van der Waals surface area contributed by atoms with Crippen molar-refractivity contribution in [1.29, 1.82) is 0 Å². The summed E-state index contributed by atoms with van der Waals surface area (Å²) in [5.41, 5.74) is 8.61. The molecule has 5 heteroatoms. The normalized spacial score (nSPS) is 12.7. The Morgan fingerprint density at radius 2 is 1.83 bits per heavy atom. The van der Waals surface area contributed by atoms with Gasteiger partial charge in [0.2, 0.25) is 0 Å². The van der Waals surface area contributed by atoms with E-state index in [-0.39, 0.29) is 30.9 Å². The van der Waals surface area contributed by atoms with E-state index in [0.29, 0.717) is 6.10 Å². The molecule has 0 amide bonds. The van der Waals surface area contributed by atoms with Gasteiger partial charge in [0, 0.05) is 0 Å². The second kappa shape index (κ2) is 11.4. The van der Waals surface area contributed by atoms with Crippen molar-refractivity contribution in [3.05, 3.63) is 35.4 Å². The largest absolute Gasteiger partial charge is 1.00 e. The van der Waals surface area contributed by atoms with Gasteiger partial charge in [0.15, 0.2) is 0 Å². The molecule has 1 aromatic rings. The Kier molecular flexibility index (Phi) is 13.1. The van der Waals surface area contributed by atoms with Crippen LogP contribution in [0.4, 0.5) is 0 Å². The monoisotopic (exact) mass is 397 g/mol. The van der Waals surface area contributed by atoms with Gasteiger partial charge in [-0.15, -0.1) is 0 Å². The standard InChI is InChI=1S/C9H12N.C4H9O.2ClH.Sn/c1-7-5-3-4-6-9(7)8(2)10;1-3-4(2)5;;;/h3-6,8H,1,10H2,2H3;4H,3H2,1-2H3;2*1H;/q;-1;;;+3/p-2. The first kappa shape index (κ1) is 20.8. The van der Waals surface area contributed by atoms with E-state index in [1.807, 2.05) is 6.92 Å². The Bertz CT molecular complexity index is 324. The summed E-state index contributed by atoms with van der Waals surface area (Å²) in [5, 5.41) is 0. The van der Waals surface area contributed by atoms with Gasteiger partial charge in [-0.3, -0.25) is 0 Å². The fourth-order valence-electron chi connectivity index (χ4n) is 1.48. The van der Waals surface area contributed by atoms with Crippen LogP contribution < -0.4 is 30.5 Å². The summed E-state index contributed by atoms with van der Waals surface area (Å²) in [4.78, 5) is 0. The van der Waals surface area contributed by atoms with E-state index in [4.69, 9.17) is 8.81 Å². The third kappa shape index (κ3) is 7.19. The molecule has 0 aliphatic heterocycles. The Labute approximate surface area is 134 Å². The number of halogens is 2. The third-order valence-corrected chi connectivity index (χ3v) is 5.79. The minimum absolute atomic E-state index is 0. The Balaban J connectivity index is 0. The molecule has 0 spiro atoms. The van der Waals surface area contributed by atoms with E-state index in [9.17, 15) is 0 Å². The van der Waals surface area contributed by atoms with Crippen molar-refractivity contribution in [1.82, 2.24) is 0 Å². The molecule has 0 radical (unpaired) electrons. The summed E-state index contributed by atoms with van der Waals surface area (Å²) in [6.45, 7) is 6.36. The van der Waals surface area contributed by atoms with Gasteiger partial charge in [-0.05, 0) is 0 Å². The number of nitrogens with two attached hydrogens (primary N) is 1. The zero-order valence-electron chi connectivity index (χ0n) is 11.1. The Morgan fingerprint density at radius 3 is 2.39 bits per heavy atom. The molecule has 1 rings (SSSR count). The molecule has 0 aliphatic carbocycles. The van der Waals surface area contributed by atoms with Crippen LogP contribution in [0.2, 0.25) is 0 Å². The summed E-state index contributed by atoms with van der Waals surface area (Å²) >= 11 is -0.730. The molecule has 0 aromatic heterocycles. The van der Waals surface area contributed by atoms with Crippen molar-refractivity contribution in [3.63, 3.8) is 0 Å². The van der Waals surface area contributed by atoms with Gasteiger partial charge >= 0.3 is 110 Å². The van der Waals surface area contributed by atoms with Crippen molar-refractivity contribution in [2.45, 2.75) is 43.8 Å². The fourth-order valence-corrected chi connectivity index (χ4v) is 4.37. The summed E-state index contributed by atoms with van der Waals surface area (Å²) in [7, 11) is 0. The molecular weight excluding hydrogens is 376 g/mol. The first-order chi connectivity index (χ1) is 7.65. The van der Waals surface area contributed by atoms with E-state index >= 15 is 0 Å². The molecule has 2 atom stereocenters. The van der Waals surface area contributed by atoms with Crippen LogP contribution in [0.15, 0.2) is 24.3 Å². The van der Waals surface area contributed by atoms with Crippen LogP contribution in [0.5, 0.6) is 0 Å². The molecule has 2 unspecified atom stereocenters. The van der Waals surface area contributed by atoms with Gasteiger partial charge in [0.25, 0.3) is 0 Å². The predicted molar refractivity (Wildman–Crippen MR) is 69.3 cm³/mol. The van der Waals surface area contributed by atoms with Gasteiger partial charge in [-0.25, -0.2) is 0 Å². The van der Waals surface area contributed by atoms with Crippen molar-refractivity contribution < 1.29 is 27.9 Å². The number of benzene rings is 1. The number of hydrogen-bond donors (Lipinski definition) is 1. The third-order valence-electron chi connectivity index (χ3n) is 2.67. The van der Waals surface area contributed by atoms with Crippen LogP contribution >= 0.6 is 0 Å². The topological polar surface area (TPSA) is 35.2 Å². The van der Waals surface area contributed by atoms with Gasteiger partial charge < -0.3 is 24.8 Å². The van der Waals surface area contributed by atoms with Gasteiger partial charge in [-0.2, -0.15) is 0 Å². The molecule has 2 N–H and O–H groups in total. The minimum atomic E-state index is -0.730. The van der Waals surface area contributed by atoms with Crippen molar-refractivity contribution in [2.24, 2.45) is 5.73 Å².